The van der Waals surface area contributed by atoms with E-state index in [9.17, 15) is 19.5 Å². The van der Waals surface area contributed by atoms with Crippen molar-refractivity contribution in [2.24, 2.45) is 5.41 Å². The highest BCUT2D eigenvalue weighted by Crippen LogP contribution is 2.53. The number of nitrogens with zero attached hydrogens (tertiary/aromatic N) is 1. The fourth-order valence-corrected chi connectivity index (χ4v) is 8.78. The van der Waals surface area contributed by atoms with Gasteiger partial charge in [0.25, 0.3) is 0 Å². The highest BCUT2D eigenvalue weighted by Gasteiger charge is 2.55. The number of aliphatic carboxylic acids is 1. The lowest BCUT2D eigenvalue weighted by atomic mass is 9.57. The van der Waals surface area contributed by atoms with Gasteiger partial charge in [-0.25, -0.2) is 4.39 Å². The molecule has 4 aliphatic rings. The summed E-state index contributed by atoms with van der Waals surface area (Å²) in [4.78, 5) is 40.8. The van der Waals surface area contributed by atoms with E-state index in [2.05, 4.69) is 15.5 Å². The van der Waals surface area contributed by atoms with Crippen molar-refractivity contribution in [3.05, 3.63) is 63.4 Å². The summed E-state index contributed by atoms with van der Waals surface area (Å²) in [5, 5.41) is 16.6. The number of carboxylic acids is 1. The Bertz CT molecular complexity index is 1390. The Hall–Kier alpha value is -2.68. The Balaban J connectivity index is 1.60. The van der Waals surface area contributed by atoms with Gasteiger partial charge in [0.05, 0.1) is 16.5 Å². The van der Waals surface area contributed by atoms with Crippen molar-refractivity contribution < 1.29 is 23.9 Å². The molecule has 7 nitrogen and oxygen atoms in total. The van der Waals surface area contributed by atoms with E-state index in [1.165, 1.54) is 6.07 Å². The van der Waals surface area contributed by atoms with Crippen molar-refractivity contribution in [2.45, 2.75) is 108 Å². The van der Waals surface area contributed by atoms with Crippen LogP contribution < -0.4 is 10.6 Å². The molecule has 0 heterocycles. The first kappa shape index (κ1) is 32.7. The fraction of sp³-hybridized carbons (Fsp3) is 0.559. The van der Waals surface area contributed by atoms with Gasteiger partial charge in [0, 0.05) is 27.7 Å². The Morgan fingerprint density at radius 2 is 1.68 bits per heavy atom. The van der Waals surface area contributed by atoms with E-state index >= 15 is 4.39 Å². The fourth-order valence-electron chi connectivity index (χ4n) is 8.43. The number of hydrogen-bond acceptors (Lipinski definition) is 4. The number of nitrogens with one attached hydrogen (secondary N) is 2. The smallest absolute Gasteiger partial charge is 0.309 e. The lowest BCUT2D eigenvalue weighted by Gasteiger charge is -2.54. The SMILES string of the molecule is CCN(C(C(=O)NC12CCC(C(=O)O)(CC1)CC2)[C@@H](C)c1cccc(Cl)c1F)C1(c2ccc(Cl)cc2NC=O)CCCCC1. The molecular weight excluding hydrogens is 604 g/mol. The number of likely N-dealkylation sites (N-methyl/N-ethyl adjacent to an activating group) is 1. The van der Waals surface area contributed by atoms with E-state index in [4.69, 9.17) is 23.2 Å². The molecule has 44 heavy (non-hydrogen) atoms. The first-order valence-corrected chi connectivity index (χ1v) is 16.5. The van der Waals surface area contributed by atoms with Gasteiger partial charge in [0.1, 0.15) is 5.82 Å². The van der Waals surface area contributed by atoms with Crippen LogP contribution in [0, 0.1) is 11.2 Å². The van der Waals surface area contributed by atoms with Crippen LogP contribution in [0.25, 0.3) is 0 Å². The minimum absolute atomic E-state index is 0.00210. The first-order chi connectivity index (χ1) is 21.0. The normalized spacial score (nSPS) is 25.7. The van der Waals surface area contributed by atoms with Crippen molar-refractivity contribution >= 4 is 47.2 Å². The molecule has 4 fully saturated rings. The van der Waals surface area contributed by atoms with Crippen molar-refractivity contribution in [3.63, 3.8) is 0 Å². The van der Waals surface area contributed by atoms with Gasteiger partial charge in [0.2, 0.25) is 12.3 Å². The van der Waals surface area contributed by atoms with E-state index < -0.39 is 40.2 Å². The van der Waals surface area contributed by atoms with Gasteiger partial charge in [0.15, 0.2) is 0 Å². The molecule has 238 valence electrons. The number of anilines is 1. The number of carbonyl (C=O) groups excluding carboxylic acids is 2. The third-order valence-electron chi connectivity index (χ3n) is 10.9. The molecule has 0 saturated heterocycles. The van der Waals surface area contributed by atoms with Crippen LogP contribution in [0.4, 0.5) is 10.1 Å². The summed E-state index contributed by atoms with van der Waals surface area (Å²) >= 11 is 12.6. The largest absolute Gasteiger partial charge is 0.481 e. The number of benzene rings is 2. The van der Waals surface area contributed by atoms with Gasteiger partial charge in [-0.15, -0.1) is 0 Å². The number of carbonyl (C=O) groups is 3. The number of amides is 2. The molecule has 3 N–H and O–H groups in total. The molecule has 2 aromatic rings. The molecule has 2 amide bonds. The maximum atomic E-state index is 15.6. The molecule has 4 aliphatic carbocycles. The molecule has 10 heteroatoms. The standard InChI is InChI=1S/C34H42Cl2FN3O4/c1-3-40(34(12-5-4-6-13-34)25-11-10-23(35)20-27(25)38-21-41)29(22(2)24-8-7-9-26(36)28(24)37)30(42)39-33-17-14-32(15-18-33,16-19-33)31(43)44/h7-11,20-22,29H,3-6,12-19H2,1-2H3,(H,38,41)(H,39,42)(H,43,44)/t22-,29?,32?,33?/m0/s1. The summed E-state index contributed by atoms with van der Waals surface area (Å²) in [6.07, 6.45) is 8.40. The highest BCUT2D eigenvalue weighted by molar-refractivity contribution is 6.31. The van der Waals surface area contributed by atoms with Crippen molar-refractivity contribution in [1.82, 2.24) is 10.2 Å². The Morgan fingerprint density at radius 3 is 2.27 bits per heavy atom. The van der Waals surface area contributed by atoms with Gasteiger partial charge in [-0.05, 0) is 87.2 Å². The average molecular weight is 647 g/mol. The molecule has 0 radical (unpaired) electrons. The van der Waals surface area contributed by atoms with E-state index in [-0.39, 0.29) is 10.9 Å². The van der Waals surface area contributed by atoms with Gasteiger partial charge in [-0.3, -0.25) is 19.3 Å². The van der Waals surface area contributed by atoms with Crippen molar-refractivity contribution in [1.29, 1.82) is 0 Å². The first-order valence-electron chi connectivity index (χ1n) is 15.8. The second-order valence-electron chi connectivity index (χ2n) is 13.1. The predicted octanol–water partition coefficient (Wildman–Crippen LogP) is 7.65. The summed E-state index contributed by atoms with van der Waals surface area (Å²) in [5.41, 5.74) is -0.00390. The van der Waals surface area contributed by atoms with E-state index in [1.54, 1.807) is 18.2 Å². The van der Waals surface area contributed by atoms with Crippen LogP contribution in [0.2, 0.25) is 10.0 Å². The van der Waals surface area contributed by atoms with Crippen LogP contribution in [-0.2, 0) is 19.9 Å². The number of fused-ring (bicyclic) bond motifs is 3. The molecule has 0 spiro atoms. The summed E-state index contributed by atoms with van der Waals surface area (Å²) in [6, 6.07) is 9.60. The van der Waals surface area contributed by atoms with E-state index in [1.807, 2.05) is 26.0 Å². The molecule has 2 atom stereocenters. The lowest BCUT2D eigenvalue weighted by Crippen LogP contribution is -2.64. The third kappa shape index (κ3) is 5.85. The Labute approximate surface area is 268 Å². The Morgan fingerprint density at radius 1 is 1.02 bits per heavy atom. The quantitative estimate of drug-likeness (QED) is 0.218. The topological polar surface area (TPSA) is 98.7 Å². The molecular formula is C34H42Cl2FN3O4. The maximum Gasteiger partial charge on any atom is 0.309 e. The minimum Gasteiger partial charge on any atom is -0.481 e. The highest BCUT2D eigenvalue weighted by atomic mass is 35.5. The molecule has 6 rings (SSSR count). The van der Waals surface area contributed by atoms with Crippen LogP contribution in [0.15, 0.2) is 36.4 Å². The number of carboxylic acid groups (broad SMARTS) is 1. The van der Waals surface area contributed by atoms with Crippen LogP contribution in [-0.4, -0.2) is 46.4 Å². The molecule has 2 aromatic carbocycles. The number of rotatable bonds is 11. The second kappa shape index (κ2) is 13.0. The van der Waals surface area contributed by atoms with Gasteiger partial charge in [-0.1, -0.05) is 74.5 Å². The zero-order valence-electron chi connectivity index (χ0n) is 25.4. The second-order valence-corrected chi connectivity index (χ2v) is 13.9. The zero-order chi connectivity index (χ0) is 31.7. The van der Waals surface area contributed by atoms with Crippen LogP contribution in [0.3, 0.4) is 0 Å². The predicted molar refractivity (Wildman–Crippen MR) is 171 cm³/mol. The third-order valence-corrected chi connectivity index (χ3v) is 11.4. The Kier molecular flexibility index (Phi) is 9.64. The van der Waals surface area contributed by atoms with Gasteiger partial charge >= 0.3 is 5.97 Å². The monoisotopic (exact) mass is 645 g/mol. The van der Waals surface area contributed by atoms with E-state index in [0.29, 0.717) is 67.8 Å². The van der Waals surface area contributed by atoms with Crippen LogP contribution in [0.1, 0.15) is 102 Å². The van der Waals surface area contributed by atoms with Gasteiger partial charge in [-0.2, -0.15) is 0 Å². The maximum absolute atomic E-state index is 15.6. The summed E-state index contributed by atoms with van der Waals surface area (Å²) in [6.45, 7) is 4.38. The van der Waals surface area contributed by atoms with Crippen molar-refractivity contribution in [2.75, 3.05) is 11.9 Å². The minimum atomic E-state index is -0.784. The molecule has 1 unspecified atom stereocenters. The van der Waals surface area contributed by atoms with Crippen molar-refractivity contribution in [3.8, 4) is 0 Å². The number of halogens is 3. The van der Waals surface area contributed by atoms with E-state index in [0.717, 1.165) is 37.7 Å². The zero-order valence-corrected chi connectivity index (χ0v) is 26.9. The van der Waals surface area contributed by atoms with Gasteiger partial charge < -0.3 is 15.7 Å². The number of hydrogen-bond donors (Lipinski definition) is 3. The molecule has 2 bridgehead atoms. The summed E-state index contributed by atoms with van der Waals surface area (Å²) in [7, 11) is 0. The molecule has 0 aromatic heterocycles. The summed E-state index contributed by atoms with van der Waals surface area (Å²) in [5.74, 6) is -2.07. The van der Waals surface area contributed by atoms with Crippen LogP contribution >= 0.6 is 23.2 Å². The summed E-state index contributed by atoms with van der Waals surface area (Å²) < 4.78 is 15.6. The lowest BCUT2D eigenvalue weighted by molar-refractivity contribution is -0.157. The van der Waals surface area contributed by atoms with Crippen LogP contribution in [0.5, 0.6) is 0 Å². The molecule has 0 aliphatic heterocycles. The average Bonchev–Trinajstić information content (AvgIpc) is 3.02. The molecule has 4 saturated carbocycles.